The predicted octanol–water partition coefficient (Wildman–Crippen LogP) is -0.712. The molecular weight excluding hydrogens is 340 g/mol. The molecule has 0 atom stereocenters. The molecule has 1 rings (SSSR count). The van der Waals surface area contributed by atoms with Crippen LogP contribution in [0.3, 0.4) is 0 Å². The molecule has 0 aromatic heterocycles. The molecule has 0 bridgehead atoms. The Morgan fingerprint density at radius 3 is 2.05 bits per heavy atom. The van der Waals surface area contributed by atoms with E-state index < -0.39 is 29.6 Å². The summed E-state index contributed by atoms with van der Waals surface area (Å²) in [6.07, 6.45) is -1.22. The first-order chi connectivity index (χ1) is 8.94. The van der Waals surface area contributed by atoms with Gasteiger partial charge in [0.1, 0.15) is 0 Å². The van der Waals surface area contributed by atoms with Crippen molar-refractivity contribution in [1.29, 1.82) is 0 Å². The van der Waals surface area contributed by atoms with E-state index in [0.29, 0.717) is 0 Å². The second-order valence-electron chi connectivity index (χ2n) is 4.37. The number of hydrogen-bond acceptors (Lipinski definition) is 4. The molecule has 1 aromatic rings. The van der Waals surface area contributed by atoms with Crippen molar-refractivity contribution in [1.82, 2.24) is 0 Å². The molecule has 0 unspecified atom stereocenters. The van der Waals surface area contributed by atoms with E-state index in [1.54, 1.807) is 0 Å². The van der Waals surface area contributed by atoms with Gasteiger partial charge in [0.2, 0.25) is 0 Å². The van der Waals surface area contributed by atoms with Gasteiger partial charge >= 0.3 is 68.9 Å². The standard InChI is InChI=1S/C10H13BF4NO3S.K/c1-6-8(4-11(12,13)14)3-9(5-16)7(2)10(6)19-20(15,17)18;/h3H,4-5,16H2,1-2H3;/q-1;+1. The Morgan fingerprint density at radius 1 is 1.19 bits per heavy atom. The number of rotatable bonds is 5. The van der Waals surface area contributed by atoms with E-state index in [1.165, 1.54) is 19.9 Å². The van der Waals surface area contributed by atoms with Gasteiger partial charge in [0.15, 0.2) is 5.75 Å². The van der Waals surface area contributed by atoms with Gasteiger partial charge in [-0.1, -0.05) is 21.8 Å². The van der Waals surface area contributed by atoms with Gasteiger partial charge in [-0.15, -0.1) is 0 Å². The van der Waals surface area contributed by atoms with Crippen LogP contribution in [0.15, 0.2) is 6.07 Å². The van der Waals surface area contributed by atoms with Gasteiger partial charge in [0.05, 0.1) is 0 Å². The summed E-state index contributed by atoms with van der Waals surface area (Å²) in [5.74, 6) is -0.439. The minimum absolute atomic E-state index is 0. The van der Waals surface area contributed by atoms with Crippen LogP contribution in [0.1, 0.15) is 22.3 Å². The van der Waals surface area contributed by atoms with Crippen LogP contribution in [-0.4, -0.2) is 15.4 Å². The molecular formula is C10H13BF4KNO3S. The molecule has 0 aliphatic carbocycles. The van der Waals surface area contributed by atoms with E-state index in [1.807, 2.05) is 0 Å². The van der Waals surface area contributed by atoms with Crippen LogP contribution >= 0.6 is 0 Å². The van der Waals surface area contributed by atoms with E-state index in [2.05, 4.69) is 4.18 Å². The Balaban J connectivity index is 0.00000400. The fraction of sp³-hybridized carbons (Fsp3) is 0.400. The molecule has 21 heavy (non-hydrogen) atoms. The van der Waals surface area contributed by atoms with Gasteiger partial charge in [0.25, 0.3) is 0 Å². The molecule has 114 valence electrons. The average molecular weight is 353 g/mol. The van der Waals surface area contributed by atoms with Crippen molar-refractivity contribution >= 4 is 17.5 Å². The fourth-order valence-corrected chi connectivity index (χ4v) is 2.35. The summed E-state index contributed by atoms with van der Waals surface area (Å²) >= 11 is 0. The first kappa shape index (κ1) is 21.4. The minimum atomic E-state index is -5.32. The smallest absolute Gasteiger partial charge is 0.449 e. The van der Waals surface area contributed by atoms with Crippen molar-refractivity contribution < 1.29 is 80.8 Å². The molecule has 0 aliphatic rings. The van der Waals surface area contributed by atoms with Crippen molar-refractivity contribution in [3.05, 3.63) is 28.3 Å². The molecule has 0 saturated heterocycles. The Hall–Kier alpha value is 0.351. The van der Waals surface area contributed by atoms with Gasteiger partial charge in [-0.2, -0.15) is 8.42 Å². The summed E-state index contributed by atoms with van der Waals surface area (Å²) in [5, 5.41) is 0. The van der Waals surface area contributed by atoms with Crippen LogP contribution in [0, 0.1) is 13.8 Å². The zero-order valence-electron chi connectivity index (χ0n) is 11.8. The monoisotopic (exact) mass is 353 g/mol. The van der Waals surface area contributed by atoms with Crippen LogP contribution in [0.2, 0.25) is 0 Å². The predicted molar refractivity (Wildman–Crippen MR) is 67.2 cm³/mol. The van der Waals surface area contributed by atoms with Crippen LogP contribution in [-0.2, 0) is 23.4 Å². The third-order valence-electron chi connectivity index (χ3n) is 2.85. The van der Waals surface area contributed by atoms with Crippen molar-refractivity contribution in [2.75, 3.05) is 0 Å². The zero-order valence-corrected chi connectivity index (χ0v) is 15.7. The largest absolute Gasteiger partial charge is 1.00 e. The molecule has 0 spiro atoms. The molecule has 2 N–H and O–H groups in total. The SMILES string of the molecule is Cc1c(CN)cc(C[B-](F)(F)F)c(C)c1OS(=O)(=O)F.[K+]. The van der Waals surface area contributed by atoms with Crippen LogP contribution in [0.25, 0.3) is 0 Å². The maximum absolute atomic E-state index is 12.6. The fourth-order valence-electron chi connectivity index (χ4n) is 1.90. The van der Waals surface area contributed by atoms with E-state index in [4.69, 9.17) is 5.73 Å². The maximum Gasteiger partial charge on any atom is 1.00 e. The first-order valence-electron chi connectivity index (χ1n) is 5.61. The third-order valence-corrected chi connectivity index (χ3v) is 3.21. The molecule has 4 nitrogen and oxygen atoms in total. The second-order valence-corrected chi connectivity index (χ2v) is 5.32. The molecule has 1 aromatic carbocycles. The van der Waals surface area contributed by atoms with Crippen LogP contribution in [0.4, 0.5) is 16.8 Å². The summed E-state index contributed by atoms with van der Waals surface area (Å²) in [7, 11) is -5.32. The summed E-state index contributed by atoms with van der Waals surface area (Å²) in [5.41, 5.74) is 5.61. The second kappa shape index (κ2) is 7.75. The van der Waals surface area contributed by atoms with Crippen LogP contribution < -0.4 is 61.3 Å². The molecule has 0 radical (unpaired) electrons. The zero-order chi connectivity index (χ0) is 15.7. The Kier molecular flexibility index (Phi) is 7.88. The minimum Gasteiger partial charge on any atom is -0.449 e. The normalized spacial score (nSPS) is 12.0. The molecule has 0 heterocycles. The van der Waals surface area contributed by atoms with Gasteiger partial charge in [-0.25, -0.2) is 0 Å². The average Bonchev–Trinajstić information content (AvgIpc) is 2.25. The first-order valence-corrected chi connectivity index (χ1v) is 6.92. The van der Waals surface area contributed by atoms with E-state index >= 15 is 0 Å². The quantitative estimate of drug-likeness (QED) is 0.431. The molecule has 0 amide bonds. The number of benzene rings is 1. The van der Waals surface area contributed by atoms with Crippen molar-refractivity contribution in [3.8, 4) is 5.75 Å². The Labute approximate surface area is 163 Å². The van der Waals surface area contributed by atoms with Gasteiger partial charge in [-0.05, 0) is 30.5 Å². The summed E-state index contributed by atoms with van der Waals surface area (Å²) in [6.45, 7) is -2.60. The third kappa shape index (κ3) is 6.55. The molecule has 0 aliphatic heterocycles. The molecule has 0 saturated carbocycles. The van der Waals surface area contributed by atoms with Crippen LogP contribution in [0.5, 0.6) is 5.75 Å². The van der Waals surface area contributed by atoms with Gasteiger partial charge in [-0.3, -0.25) is 0 Å². The molecule has 11 heteroatoms. The van der Waals surface area contributed by atoms with Crippen molar-refractivity contribution in [2.24, 2.45) is 5.73 Å². The summed E-state index contributed by atoms with van der Waals surface area (Å²) < 4.78 is 75.5. The summed E-state index contributed by atoms with van der Waals surface area (Å²) in [6, 6.07) is 1.23. The van der Waals surface area contributed by atoms with E-state index in [-0.39, 0.29) is 80.2 Å². The number of hydrogen-bond donors (Lipinski definition) is 1. The Bertz CT molecular complexity index is 622. The number of nitrogens with two attached hydrogens (primary N) is 1. The van der Waals surface area contributed by atoms with E-state index in [9.17, 15) is 25.3 Å². The maximum atomic E-state index is 12.6. The van der Waals surface area contributed by atoms with Gasteiger partial charge in [0, 0.05) is 6.54 Å². The van der Waals surface area contributed by atoms with Crippen molar-refractivity contribution in [3.63, 3.8) is 0 Å². The van der Waals surface area contributed by atoms with E-state index in [0.717, 1.165) is 0 Å². The van der Waals surface area contributed by atoms with Crippen molar-refractivity contribution in [2.45, 2.75) is 26.7 Å². The molecule has 0 fully saturated rings. The Morgan fingerprint density at radius 2 is 1.67 bits per heavy atom. The topological polar surface area (TPSA) is 69.4 Å². The van der Waals surface area contributed by atoms with Gasteiger partial charge < -0.3 is 22.9 Å². The number of halogens is 4. The summed E-state index contributed by atoms with van der Waals surface area (Å²) in [4.78, 5) is 0.